The SMILES string of the molecule is COc1ccc(CN(C)C(=O)CCNS(=O)(=O)/C=C/c2ccccc2)cc1. The summed E-state index contributed by atoms with van der Waals surface area (Å²) < 4.78 is 31.5. The molecule has 0 heterocycles. The van der Waals surface area contributed by atoms with Gasteiger partial charge in [-0.3, -0.25) is 4.79 Å². The van der Waals surface area contributed by atoms with Crippen molar-refractivity contribution < 1.29 is 17.9 Å². The molecule has 0 aliphatic rings. The first-order chi connectivity index (χ1) is 12.9. The van der Waals surface area contributed by atoms with Gasteiger partial charge in [-0.05, 0) is 29.3 Å². The third kappa shape index (κ3) is 7.24. The minimum absolute atomic E-state index is 0.0489. The Morgan fingerprint density at radius 1 is 1.11 bits per heavy atom. The highest BCUT2D eigenvalue weighted by Gasteiger charge is 2.11. The molecule has 0 aromatic heterocycles. The highest BCUT2D eigenvalue weighted by molar-refractivity contribution is 7.92. The van der Waals surface area contributed by atoms with Crippen molar-refractivity contribution in [3.05, 3.63) is 71.1 Å². The van der Waals surface area contributed by atoms with Gasteiger partial charge in [-0.25, -0.2) is 13.1 Å². The van der Waals surface area contributed by atoms with E-state index < -0.39 is 10.0 Å². The van der Waals surface area contributed by atoms with E-state index in [2.05, 4.69) is 4.72 Å². The van der Waals surface area contributed by atoms with E-state index in [1.807, 2.05) is 54.6 Å². The van der Waals surface area contributed by atoms with Gasteiger partial charge in [0.05, 0.1) is 7.11 Å². The summed E-state index contributed by atoms with van der Waals surface area (Å²) in [6.45, 7) is 0.497. The van der Waals surface area contributed by atoms with Gasteiger partial charge < -0.3 is 9.64 Å². The summed E-state index contributed by atoms with van der Waals surface area (Å²) >= 11 is 0. The van der Waals surface area contributed by atoms with Gasteiger partial charge in [0, 0.05) is 32.0 Å². The van der Waals surface area contributed by atoms with Crippen molar-refractivity contribution in [2.75, 3.05) is 20.7 Å². The Hall–Kier alpha value is -2.64. The topological polar surface area (TPSA) is 75.7 Å². The number of ether oxygens (including phenoxy) is 1. The second kappa shape index (κ2) is 9.89. The van der Waals surface area contributed by atoms with E-state index in [1.165, 1.54) is 6.08 Å². The number of sulfonamides is 1. The summed E-state index contributed by atoms with van der Waals surface area (Å²) in [5.74, 6) is 0.617. The zero-order chi connectivity index (χ0) is 19.7. The molecule has 1 amide bonds. The molecule has 0 saturated heterocycles. The predicted molar refractivity (Wildman–Crippen MR) is 106 cm³/mol. The summed E-state index contributed by atoms with van der Waals surface area (Å²) in [6.07, 6.45) is 1.60. The Morgan fingerprint density at radius 2 is 1.78 bits per heavy atom. The fourth-order valence-corrected chi connectivity index (χ4v) is 3.18. The van der Waals surface area contributed by atoms with Crippen molar-refractivity contribution in [2.24, 2.45) is 0 Å². The van der Waals surface area contributed by atoms with Crippen LogP contribution >= 0.6 is 0 Å². The Morgan fingerprint density at radius 3 is 2.41 bits per heavy atom. The predicted octanol–water partition coefficient (Wildman–Crippen LogP) is 2.63. The second-order valence-corrected chi connectivity index (χ2v) is 7.65. The van der Waals surface area contributed by atoms with Crippen LogP contribution in [0.3, 0.4) is 0 Å². The molecule has 0 radical (unpaired) electrons. The summed E-state index contributed by atoms with van der Waals surface area (Å²) in [4.78, 5) is 13.7. The summed E-state index contributed by atoms with van der Waals surface area (Å²) in [6, 6.07) is 16.6. The van der Waals surface area contributed by atoms with Gasteiger partial charge in [-0.2, -0.15) is 0 Å². The molecular weight excluding hydrogens is 364 g/mol. The van der Waals surface area contributed by atoms with Crippen LogP contribution in [0.1, 0.15) is 17.5 Å². The number of nitrogens with zero attached hydrogens (tertiary/aromatic N) is 1. The molecule has 0 fully saturated rings. The Bertz CT molecular complexity index is 863. The number of hydrogen-bond donors (Lipinski definition) is 1. The molecule has 144 valence electrons. The fraction of sp³-hybridized carbons (Fsp3) is 0.250. The first kappa shape index (κ1) is 20.7. The van der Waals surface area contributed by atoms with Crippen LogP contribution in [0.15, 0.2) is 60.0 Å². The zero-order valence-electron chi connectivity index (χ0n) is 15.5. The van der Waals surface area contributed by atoms with Crippen molar-refractivity contribution in [1.82, 2.24) is 9.62 Å². The maximum atomic E-state index is 12.2. The van der Waals surface area contributed by atoms with Crippen molar-refractivity contribution in [1.29, 1.82) is 0 Å². The zero-order valence-corrected chi connectivity index (χ0v) is 16.3. The number of rotatable bonds is 9. The molecule has 0 atom stereocenters. The van der Waals surface area contributed by atoms with E-state index in [4.69, 9.17) is 4.74 Å². The van der Waals surface area contributed by atoms with Gasteiger partial charge in [-0.15, -0.1) is 0 Å². The van der Waals surface area contributed by atoms with E-state index in [-0.39, 0.29) is 18.9 Å². The maximum absolute atomic E-state index is 12.2. The number of carbonyl (C=O) groups excluding carboxylic acids is 1. The Balaban J connectivity index is 1.79. The van der Waals surface area contributed by atoms with Crippen molar-refractivity contribution in [2.45, 2.75) is 13.0 Å². The van der Waals surface area contributed by atoms with E-state index in [0.29, 0.717) is 6.54 Å². The van der Waals surface area contributed by atoms with Crippen LogP contribution in [-0.4, -0.2) is 39.9 Å². The first-order valence-electron chi connectivity index (χ1n) is 8.49. The van der Waals surface area contributed by atoms with Gasteiger partial charge in [0.2, 0.25) is 15.9 Å². The quantitative estimate of drug-likeness (QED) is 0.717. The van der Waals surface area contributed by atoms with E-state index in [0.717, 1.165) is 22.3 Å². The lowest BCUT2D eigenvalue weighted by Gasteiger charge is -2.17. The highest BCUT2D eigenvalue weighted by atomic mass is 32.2. The van der Waals surface area contributed by atoms with Crippen LogP contribution in [0.5, 0.6) is 5.75 Å². The molecule has 2 rings (SSSR count). The third-order valence-corrected chi connectivity index (χ3v) is 4.99. The second-order valence-electron chi connectivity index (χ2n) is 6.00. The van der Waals surface area contributed by atoms with Crippen LogP contribution in [0.4, 0.5) is 0 Å². The molecular formula is C20H24N2O4S. The summed E-state index contributed by atoms with van der Waals surface area (Å²) in [7, 11) is -0.294. The summed E-state index contributed by atoms with van der Waals surface area (Å²) in [5, 5.41) is 1.11. The third-order valence-electron chi connectivity index (χ3n) is 3.89. The summed E-state index contributed by atoms with van der Waals surface area (Å²) in [5.41, 5.74) is 1.76. The van der Waals surface area contributed by atoms with Crippen LogP contribution in [0.2, 0.25) is 0 Å². The molecule has 2 aromatic carbocycles. The van der Waals surface area contributed by atoms with Gasteiger partial charge in [0.15, 0.2) is 0 Å². The first-order valence-corrected chi connectivity index (χ1v) is 10.0. The number of amides is 1. The molecule has 0 saturated carbocycles. The average molecular weight is 388 g/mol. The van der Waals surface area contributed by atoms with Crippen molar-refractivity contribution in [3.8, 4) is 5.75 Å². The van der Waals surface area contributed by atoms with Gasteiger partial charge in [0.25, 0.3) is 0 Å². The number of nitrogens with one attached hydrogen (secondary N) is 1. The van der Waals surface area contributed by atoms with E-state index >= 15 is 0 Å². The van der Waals surface area contributed by atoms with Crippen LogP contribution < -0.4 is 9.46 Å². The smallest absolute Gasteiger partial charge is 0.233 e. The van der Waals surface area contributed by atoms with Crippen molar-refractivity contribution >= 4 is 22.0 Å². The normalized spacial score (nSPS) is 11.5. The molecule has 1 N–H and O–H groups in total. The van der Waals surface area contributed by atoms with Crippen molar-refractivity contribution in [3.63, 3.8) is 0 Å². The monoisotopic (exact) mass is 388 g/mol. The molecule has 27 heavy (non-hydrogen) atoms. The average Bonchev–Trinajstić information content (AvgIpc) is 2.67. The van der Waals surface area contributed by atoms with E-state index in [9.17, 15) is 13.2 Å². The van der Waals surface area contributed by atoms with Crippen LogP contribution in [0.25, 0.3) is 6.08 Å². The number of methoxy groups -OCH3 is 1. The molecule has 0 unspecified atom stereocenters. The molecule has 2 aromatic rings. The molecule has 0 aliphatic carbocycles. The number of hydrogen-bond acceptors (Lipinski definition) is 4. The Labute approximate surface area is 160 Å². The molecule has 0 spiro atoms. The lowest BCUT2D eigenvalue weighted by atomic mass is 10.2. The Kier molecular flexibility index (Phi) is 7.57. The van der Waals surface area contributed by atoms with E-state index in [1.54, 1.807) is 19.1 Å². The van der Waals surface area contributed by atoms with Gasteiger partial charge in [-0.1, -0.05) is 42.5 Å². The minimum Gasteiger partial charge on any atom is -0.497 e. The van der Waals surface area contributed by atoms with Gasteiger partial charge >= 0.3 is 0 Å². The highest BCUT2D eigenvalue weighted by Crippen LogP contribution is 2.12. The van der Waals surface area contributed by atoms with Crippen LogP contribution in [0, 0.1) is 0 Å². The fourth-order valence-electron chi connectivity index (χ4n) is 2.36. The lowest BCUT2D eigenvalue weighted by molar-refractivity contribution is -0.130. The van der Waals surface area contributed by atoms with Crippen LogP contribution in [-0.2, 0) is 21.4 Å². The molecule has 6 nitrogen and oxygen atoms in total. The standard InChI is InChI=1S/C20H24N2O4S/c1-22(16-18-8-10-19(26-2)11-9-18)20(23)12-14-21-27(24,25)15-13-17-6-4-3-5-7-17/h3-11,13,15,21H,12,14,16H2,1-2H3/b15-13+. The van der Waals surface area contributed by atoms with Gasteiger partial charge in [0.1, 0.15) is 5.75 Å². The molecule has 0 bridgehead atoms. The number of carbonyl (C=O) groups is 1. The lowest BCUT2D eigenvalue weighted by Crippen LogP contribution is -2.31. The molecule has 7 heteroatoms. The largest absolute Gasteiger partial charge is 0.497 e. The number of benzene rings is 2. The molecule has 0 aliphatic heterocycles. The maximum Gasteiger partial charge on any atom is 0.233 e. The minimum atomic E-state index is -3.58.